The molecule has 6 heteroatoms. The molecule has 2 heterocycles. The zero-order valence-electron chi connectivity index (χ0n) is 13.4. The lowest BCUT2D eigenvalue weighted by Crippen LogP contribution is -2.29. The molecule has 1 N–H and O–H groups in total. The second kappa shape index (κ2) is 6.54. The topological polar surface area (TPSA) is 77.1 Å². The first kappa shape index (κ1) is 15.7. The summed E-state index contributed by atoms with van der Waals surface area (Å²) in [6.07, 6.45) is 1.67. The number of benzene rings is 1. The summed E-state index contributed by atoms with van der Waals surface area (Å²) in [7, 11) is 0. The number of hydrogen-bond acceptors (Lipinski definition) is 4. The Bertz CT molecular complexity index is 940. The number of carbonyl (C=O) groups is 1. The second-order valence-electron chi connectivity index (χ2n) is 5.62. The fraction of sp³-hybridized carbons (Fsp3) is 0.167. The summed E-state index contributed by atoms with van der Waals surface area (Å²) >= 11 is 0. The van der Waals surface area contributed by atoms with Crippen molar-refractivity contribution in [3.05, 3.63) is 81.5 Å². The van der Waals surface area contributed by atoms with Gasteiger partial charge in [0.1, 0.15) is 11.3 Å². The Labute approximate surface area is 138 Å². The van der Waals surface area contributed by atoms with Crippen LogP contribution in [0.2, 0.25) is 0 Å². The molecule has 0 saturated heterocycles. The largest absolute Gasteiger partial charge is 0.360 e. The van der Waals surface area contributed by atoms with Crippen LogP contribution in [0.4, 0.5) is 5.82 Å². The molecule has 24 heavy (non-hydrogen) atoms. The molecular weight excluding hydrogens is 306 g/mol. The molecule has 0 spiro atoms. The van der Waals surface area contributed by atoms with Gasteiger partial charge in [-0.05, 0) is 31.5 Å². The van der Waals surface area contributed by atoms with Crippen LogP contribution in [0.5, 0.6) is 0 Å². The fourth-order valence-corrected chi connectivity index (χ4v) is 2.45. The Morgan fingerprint density at radius 1 is 1.21 bits per heavy atom. The highest BCUT2D eigenvalue weighted by Crippen LogP contribution is 2.09. The van der Waals surface area contributed by atoms with Crippen LogP contribution >= 0.6 is 0 Å². The number of aromatic nitrogens is 2. The molecule has 3 aromatic rings. The first-order valence-electron chi connectivity index (χ1n) is 7.52. The summed E-state index contributed by atoms with van der Waals surface area (Å²) in [6, 6.07) is 12.7. The average molecular weight is 323 g/mol. The van der Waals surface area contributed by atoms with E-state index in [2.05, 4.69) is 10.5 Å². The van der Waals surface area contributed by atoms with Crippen LogP contribution in [0, 0.1) is 13.8 Å². The SMILES string of the molecule is Cc1cccc(Cn2cccc(C(=O)Nc3cc(C)on3)c2=O)c1. The summed E-state index contributed by atoms with van der Waals surface area (Å²) in [4.78, 5) is 24.9. The molecule has 0 aliphatic heterocycles. The lowest BCUT2D eigenvalue weighted by Gasteiger charge is -2.08. The zero-order chi connectivity index (χ0) is 17.1. The van der Waals surface area contributed by atoms with E-state index < -0.39 is 5.91 Å². The van der Waals surface area contributed by atoms with Gasteiger partial charge in [0.15, 0.2) is 5.82 Å². The van der Waals surface area contributed by atoms with Crippen molar-refractivity contribution >= 4 is 11.7 Å². The van der Waals surface area contributed by atoms with Crippen molar-refractivity contribution in [3.63, 3.8) is 0 Å². The number of rotatable bonds is 4. The third kappa shape index (κ3) is 3.43. The van der Waals surface area contributed by atoms with Crippen molar-refractivity contribution in [1.29, 1.82) is 0 Å². The fourth-order valence-electron chi connectivity index (χ4n) is 2.45. The molecule has 0 saturated carbocycles. The Kier molecular flexibility index (Phi) is 4.29. The predicted octanol–water partition coefficient (Wildman–Crippen LogP) is 2.75. The van der Waals surface area contributed by atoms with E-state index in [0.29, 0.717) is 12.3 Å². The van der Waals surface area contributed by atoms with Gasteiger partial charge in [-0.15, -0.1) is 0 Å². The Morgan fingerprint density at radius 3 is 2.75 bits per heavy atom. The molecule has 6 nitrogen and oxygen atoms in total. The highest BCUT2D eigenvalue weighted by atomic mass is 16.5. The number of aryl methyl sites for hydroxylation is 2. The molecule has 1 aromatic carbocycles. The van der Waals surface area contributed by atoms with E-state index in [1.165, 1.54) is 10.6 Å². The minimum absolute atomic E-state index is 0.0609. The van der Waals surface area contributed by atoms with E-state index in [0.717, 1.165) is 11.1 Å². The molecule has 122 valence electrons. The van der Waals surface area contributed by atoms with Gasteiger partial charge in [-0.25, -0.2) is 0 Å². The van der Waals surface area contributed by atoms with E-state index >= 15 is 0 Å². The van der Waals surface area contributed by atoms with Crippen LogP contribution in [-0.2, 0) is 6.54 Å². The van der Waals surface area contributed by atoms with Gasteiger partial charge in [-0.1, -0.05) is 35.0 Å². The van der Waals surface area contributed by atoms with Crippen molar-refractivity contribution < 1.29 is 9.32 Å². The van der Waals surface area contributed by atoms with Crippen molar-refractivity contribution in [1.82, 2.24) is 9.72 Å². The molecule has 0 radical (unpaired) electrons. The number of amides is 1. The molecule has 3 rings (SSSR count). The monoisotopic (exact) mass is 323 g/mol. The summed E-state index contributed by atoms with van der Waals surface area (Å²) in [5.74, 6) is 0.355. The highest BCUT2D eigenvalue weighted by Gasteiger charge is 2.14. The molecule has 0 fully saturated rings. The van der Waals surface area contributed by atoms with Crippen LogP contribution in [-0.4, -0.2) is 15.6 Å². The Hall–Kier alpha value is -3.15. The first-order chi connectivity index (χ1) is 11.5. The zero-order valence-corrected chi connectivity index (χ0v) is 13.4. The second-order valence-corrected chi connectivity index (χ2v) is 5.62. The van der Waals surface area contributed by atoms with Crippen molar-refractivity contribution in [2.75, 3.05) is 5.32 Å². The number of hydrogen-bond donors (Lipinski definition) is 1. The van der Waals surface area contributed by atoms with Gasteiger partial charge < -0.3 is 14.4 Å². The van der Waals surface area contributed by atoms with E-state index in [9.17, 15) is 9.59 Å². The molecule has 2 aromatic heterocycles. The molecule has 0 aliphatic rings. The molecule has 0 unspecified atom stereocenters. The van der Waals surface area contributed by atoms with Crippen LogP contribution in [0.25, 0.3) is 0 Å². The van der Waals surface area contributed by atoms with Gasteiger partial charge in [0, 0.05) is 12.3 Å². The van der Waals surface area contributed by atoms with Crippen LogP contribution in [0.15, 0.2) is 58.0 Å². The Morgan fingerprint density at radius 2 is 2.04 bits per heavy atom. The smallest absolute Gasteiger partial charge is 0.263 e. The van der Waals surface area contributed by atoms with Gasteiger partial charge >= 0.3 is 0 Å². The van der Waals surface area contributed by atoms with Gasteiger partial charge in [-0.3, -0.25) is 9.59 Å². The van der Waals surface area contributed by atoms with Gasteiger partial charge in [0.25, 0.3) is 11.5 Å². The van der Waals surface area contributed by atoms with E-state index in [-0.39, 0.29) is 16.9 Å². The standard InChI is InChI=1S/C18H17N3O3/c1-12-5-3-6-14(9-12)11-21-8-4-7-15(18(21)23)17(22)19-16-10-13(2)24-20-16/h3-10H,11H2,1-2H3,(H,19,20,22). The number of anilines is 1. The van der Waals surface area contributed by atoms with Crippen molar-refractivity contribution in [2.45, 2.75) is 20.4 Å². The van der Waals surface area contributed by atoms with Crippen LogP contribution < -0.4 is 10.9 Å². The molecule has 0 bridgehead atoms. The van der Waals surface area contributed by atoms with Crippen molar-refractivity contribution in [2.24, 2.45) is 0 Å². The number of pyridine rings is 1. The lowest BCUT2D eigenvalue weighted by molar-refractivity contribution is 0.102. The van der Waals surface area contributed by atoms with Crippen LogP contribution in [0.1, 0.15) is 27.2 Å². The van der Waals surface area contributed by atoms with E-state index in [4.69, 9.17) is 4.52 Å². The van der Waals surface area contributed by atoms with E-state index in [1.54, 1.807) is 25.3 Å². The average Bonchev–Trinajstić information content (AvgIpc) is 2.94. The summed E-state index contributed by atoms with van der Waals surface area (Å²) in [5.41, 5.74) is 1.83. The molecule has 1 amide bonds. The molecular formula is C18H17N3O3. The molecule has 0 aliphatic carbocycles. The maximum absolute atomic E-state index is 12.6. The van der Waals surface area contributed by atoms with Crippen LogP contribution in [0.3, 0.4) is 0 Å². The summed E-state index contributed by atoms with van der Waals surface area (Å²) in [5, 5.41) is 6.26. The van der Waals surface area contributed by atoms with E-state index in [1.807, 2.05) is 31.2 Å². The molecule has 0 atom stereocenters. The Balaban J connectivity index is 1.85. The quantitative estimate of drug-likeness (QED) is 0.801. The van der Waals surface area contributed by atoms with Crippen molar-refractivity contribution in [3.8, 4) is 0 Å². The normalized spacial score (nSPS) is 10.6. The lowest BCUT2D eigenvalue weighted by atomic mass is 10.1. The maximum Gasteiger partial charge on any atom is 0.263 e. The van der Waals surface area contributed by atoms with Gasteiger partial charge in [-0.2, -0.15) is 0 Å². The van der Waals surface area contributed by atoms with Gasteiger partial charge in [0.05, 0.1) is 6.54 Å². The third-order valence-electron chi connectivity index (χ3n) is 3.57. The minimum atomic E-state index is -0.508. The number of nitrogens with zero attached hydrogens (tertiary/aromatic N) is 2. The summed E-state index contributed by atoms with van der Waals surface area (Å²) in [6.45, 7) is 4.13. The predicted molar refractivity (Wildman–Crippen MR) is 90.2 cm³/mol. The first-order valence-corrected chi connectivity index (χ1v) is 7.52. The summed E-state index contributed by atoms with van der Waals surface area (Å²) < 4.78 is 6.41. The maximum atomic E-state index is 12.6. The third-order valence-corrected chi connectivity index (χ3v) is 3.57. The minimum Gasteiger partial charge on any atom is -0.360 e. The number of nitrogens with one attached hydrogen (secondary N) is 1. The highest BCUT2D eigenvalue weighted by molar-refractivity contribution is 6.03. The van der Waals surface area contributed by atoms with Gasteiger partial charge in [0.2, 0.25) is 0 Å². The number of carbonyl (C=O) groups excluding carboxylic acids is 1.